The van der Waals surface area contributed by atoms with Gasteiger partial charge in [-0.25, -0.2) is 0 Å². The van der Waals surface area contributed by atoms with Crippen LogP contribution in [0.1, 0.15) is 40.1 Å². The van der Waals surface area contributed by atoms with Crippen molar-refractivity contribution in [3.63, 3.8) is 0 Å². The zero-order valence-electron chi connectivity index (χ0n) is 19.0. The number of hydrogen-bond donors (Lipinski definition) is 0. The van der Waals surface area contributed by atoms with E-state index in [1.165, 1.54) is 19.1 Å². The molecule has 0 atom stereocenters. The van der Waals surface area contributed by atoms with Crippen LogP contribution in [0.4, 0.5) is 5.69 Å². The van der Waals surface area contributed by atoms with Crippen LogP contribution in [0.25, 0.3) is 0 Å². The van der Waals surface area contributed by atoms with Gasteiger partial charge in [0.25, 0.3) is 0 Å². The van der Waals surface area contributed by atoms with E-state index >= 15 is 0 Å². The molecule has 0 spiro atoms. The SMILES string of the molecule is C=C(C)Oc1ccc(OC(C)=O)c2c1C(=O)C1=C(Oc3ccccc3CN1c1cccnc1)C2=O. The zero-order valence-corrected chi connectivity index (χ0v) is 19.0. The first-order chi connectivity index (χ1) is 16.8. The Labute approximate surface area is 201 Å². The predicted molar refractivity (Wildman–Crippen MR) is 126 cm³/mol. The smallest absolute Gasteiger partial charge is 0.308 e. The number of Topliss-reactive ketones (excluding diaryl/α,β-unsaturated/α-hetero) is 2. The minimum atomic E-state index is -0.634. The summed E-state index contributed by atoms with van der Waals surface area (Å²) >= 11 is 0. The molecule has 35 heavy (non-hydrogen) atoms. The molecule has 2 aliphatic rings. The van der Waals surface area contributed by atoms with Crippen molar-refractivity contribution in [3.8, 4) is 17.2 Å². The van der Waals surface area contributed by atoms with Crippen molar-refractivity contribution in [2.75, 3.05) is 4.90 Å². The first-order valence-electron chi connectivity index (χ1n) is 10.8. The van der Waals surface area contributed by atoms with Gasteiger partial charge in [0.15, 0.2) is 0 Å². The molecule has 0 amide bonds. The molecule has 0 N–H and O–H groups in total. The topological polar surface area (TPSA) is 95.0 Å². The van der Waals surface area contributed by atoms with Crippen LogP contribution in [-0.2, 0) is 11.3 Å². The average molecular weight is 468 g/mol. The van der Waals surface area contributed by atoms with Crippen LogP contribution in [0.3, 0.4) is 0 Å². The third-order valence-electron chi connectivity index (χ3n) is 5.50. The second kappa shape index (κ2) is 8.57. The number of ether oxygens (including phenoxy) is 3. The van der Waals surface area contributed by atoms with Gasteiger partial charge in [0, 0.05) is 18.7 Å². The van der Waals surface area contributed by atoms with Gasteiger partial charge < -0.3 is 19.1 Å². The van der Waals surface area contributed by atoms with Crippen molar-refractivity contribution < 1.29 is 28.6 Å². The highest BCUT2D eigenvalue weighted by molar-refractivity contribution is 6.29. The zero-order chi connectivity index (χ0) is 24.7. The third-order valence-corrected chi connectivity index (χ3v) is 5.50. The highest BCUT2D eigenvalue weighted by Crippen LogP contribution is 2.43. The fourth-order valence-corrected chi connectivity index (χ4v) is 4.14. The molecule has 1 aliphatic carbocycles. The number of fused-ring (bicyclic) bond motifs is 2. The van der Waals surface area contributed by atoms with Crippen molar-refractivity contribution in [1.29, 1.82) is 0 Å². The number of para-hydroxylation sites is 1. The Morgan fingerprint density at radius 3 is 2.37 bits per heavy atom. The first-order valence-corrected chi connectivity index (χ1v) is 10.8. The molecule has 0 fully saturated rings. The van der Waals surface area contributed by atoms with E-state index in [1.54, 1.807) is 48.5 Å². The average Bonchev–Trinajstić information content (AvgIpc) is 3.01. The van der Waals surface area contributed by atoms with Gasteiger partial charge in [0.1, 0.15) is 22.9 Å². The fourth-order valence-electron chi connectivity index (χ4n) is 4.14. The van der Waals surface area contributed by atoms with Crippen molar-refractivity contribution in [2.45, 2.75) is 20.4 Å². The summed E-state index contributed by atoms with van der Waals surface area (Å²) in [4.78, 5) is 45.7. The van der Waals surface area contributed by atoms with Crippen molar-refractivity contribution >= 4 is 23.2 Å². The number of allylic oxidation sites excluding steroid dienone is 3. The predicted octanol–water partition coefficient (Wildman–Crippen LogP) is 4.61. The molecular weight excluding hydrogens is 448 g/mol. The van der Waals surface area contributed by atoms with Crippen LogP contribution in [0.5, 0.6) is 17.2 Å². The molecule has 2 heterocycles. The molecule has 0 saturated heterocycles. The Kier molecular flexibility index (Phi) is 5.41. The lowest BCUT2D eigenvalue weighted by molar-refractivity contribution is -0.131. The number of rotatable bonds is 4. The van der Waals surface area contributed by atoms with Crippen molar-refractivity contribution in [1.82, 2.24) is 4.98 Å². The van der Waals surface area contributed by atoms with Crippen LogP contribution in [-0.4, -0.2) is 22.5 Å². The quantitative estimate of drug-likeness (QED) is 0.311. The van der Waals surface area contributed by atoms with Crippen LogP contribution >= 0.6 is 0 Å². The monoisotopic (exact) mass is 468 g/mol. The minimum Gasteiger partial charge on any atom is -0.462 e. The largest absolute Gasteiger partial charge is 0.462 e. The van der Waals surface area contributed by atoms with E-state index in [0.29, 0.717) is 17.2 Å². The number of ketones is 2. The highest BCUT2D eigenvalue weighted by atomic mass is 16.5. The Morgan fingerprint density at radius 2 is 1.69 bits per heavy atom. The van der Waals surface area contributed by atoms with Gasteiger partial charge in [-0.2, -0.15) is 0 Å². The van der Waals surface area contributed by atoms with Crippen molar-refractivity contribution in [3.05, 3.63) is 101 Å². The number of carbonyl (C=O) groups excluding carboxylic acids is 3. The van der Waals surface area contributed by atoms with E-state index < -0.39 is 17.5 Å². The molecule has 0 saturated carbocycles. The highest BCUT2D eigenvalue weighted by Gasteiger charge is 2.43. The van der Waals surface area contributed by atoms with Crippen LogP contribution in [0.15, 0.2) is 84.7 Å². The standard InChI is InChI=1S/C27H20N2O6/c1-15(2)33-20-10-11-21(34-16(3)30)23-22(20)25(31)24-27(26(23)32)35-19-9-5-4-7-17(19)14-29(24)18-8-6-12-28-13-18/h4-13H,1,14H2,2-3H3. The maximum absolute atomic E-state index is 14.1. The van der Waals surface area contributed by atoms with Crippen LogP contribution in [0.2, 0.25) is 0 Å². The maximum atomic E-state index is 14.1. The van der Waals surface area contributed by atoms with Gasteiger partial charge in [-0.15, -0.1) is 0 Å². The lowest BCUT2D eigenvalue weighted by Gasteiger charge is -2.29. The van der Waals surface area contributed by atoms with E-state index in [-0.39, 0.29) is 40.6 Å². The van der Waals surface area contributed by atoms with Crippen LogP contribution < -0.4 is 19.1 Å². The number of pyridine rings is 1. The Bertz CT molecular complexity index is 1440. The number of benzene rings is 2. The number of esters is 1. The molecule has 174 valence electrons. The van der Waals surface area contributed by atoms with Gasteiger partial charge in [-0.05, 0) is 37.3 Å². The lowest BCUT2D eigenvalue weighted by atomic mass is 9.88. The first kappa shape index (κ1) is 22.1. The molecular formula is C27H20N2O6. The molecule has 2 aromatic carbocycles. The summed E-state index contributed by atoms with van der Waals surface area (Å²) in [5, 5.41) is 0. The second-order valence-electron chi connectivity index (χ2n) is 8.05. The van der Waals surface area contributed by atoms with Crippen LogP contribution in [0, 0.1) is 0 Å². The number of aromatic nitrogens is 1. The number of nitrogens with zero attached hydrogens (tertiary/aromatic N) is 2. The Hall–Kier alpha value is -4.72. The summed E-state index contributed by atoms with van der Waals surface area (Å²) in [6.07, 6.45) is 3.22. The number of anilines is 1. The van der Waals surface area contributed by atoms with Gasteiger partial charge in [-0.3, -0.25) is 19.4 Å². The molecule has 0 radical (unpaired) electrons. The summed E-state index contributed by atoms with van der Waals surface area (Å²) in [6, 6.07) is 13.6. The molecule has 0 bridgehead atoms. The van der Waals surface area contributed by atoms with E-state index in [1.807, 2.05) is 12.1 Å². The summed E-state index contributed by atoms with van der Waals surface area (Å²) < 4.78 is 17.1. The van der Waals surface area contributed by atoms with E-state index in [2.05, 4.69) is 11.6 Å². The number of hydrogen-bond acceptors (Lipinski definition) is 8. The maximum Gasteiger partial charge on any atom is 0.308 e. The lowest BCUT2D eigenvalue weighted by Crippen LogP contribution is -2.35. The molecule has 5 rings (SSSR count). The van der Waals surface area contributed by atoms with E-state index in [0.717, 1.165) is 5.56 Å². The molecule has 0 unspecified atom stereocenters. The molecule has 1 aromatic heterocycles. The van der Waals surface area contributed by atoms with E-state index in [4.69, 9.17) is 14.2 Å². The Morgan fingerprint density at radius 1 is 0.971 bits per heavy atom. The fraction of sp³-hybridized carbons (Fsp3) is 0.111. The summed E-state index contributed by atoms with van der Waals surface area (Å²) in [5.74, 6) is -1.09. The normalized spacial score (nSPS) is 14.3. The third kappa shape index (κ3) is 3.85. The molecule has 8 nitrogen and oxygen atoms in total. The van der Waals surface area contributed by atoms with Crippen molar-refractivity contribution in [2.24, 2.45) is 0 Å². The summed E-state index contributed by atoms with van der Waals surface area (Å²) in [7, 11) is 0. The van der Waals surface area contributed by atoms with E-state index in [9.17, 15) is 14.4 Å². The molecule has 1 aliphatic heterocycles. The molecule has 3 aromatic rings. The summed E-state index contributed by atoms with van der Waals surface area (Å²) in [6.45, 7) is 6.84. The second-order valence-corrected chi connectivity index (χ2v) is 8.05. The van der Waals surface area contributed by atoms with Gasteiger partial charge in [-0.1, -0.05) is 24.8 Å². The summed E-state index contributed by atoms with van der Waals surface area (Å²) in [5.41, 5.74) is 1.28. The van der Waals surface area contributed by atoms with Gasteiger partial charge >= 0.3 is 5.97 Å². The van der Waals surface area contributed by atoms with Gasteiger partial charge in [0.2, 0.25) is 17.3 Å². The van der Waals surface area contributed by atoms with Gasteiger partial charge in [0.05, 0.1) is 35.3 Å². The molecule has 8 heteroatoms. The Balaban J connectivity index is 1.78. The minimum absolute atomic E-state index is 0.0288. The number of carbonyl (C=O) groups is 3.